The van der Waals surface area contributed by atoms with Crippen molar-refractivity contribution in [2.75, 3.05) is 0 Å². The second-order valence-corrected chi connectivity index (χ2v) is 7.91. The minimum absolute atomic E-state index is 0.000343. The predicted octanol–water partition coefficient (Wildman–Crippen LogP) is 4.72. The van der Waals surface area contributed by atoms with E-state index in [9.17, 15) is 14.7 Å². The lowest BCUT2D eigenvalue weighted by molar-refractivity contribution is -0.139. The summed E-state index contributed by atoms with van der Waals surface area (Å²) in [7, 11) is 0. The number of aliphatic carboxylic acids is 1. The van der Waals surface area contributed by atoms with Crippen LogP contribution >= 0.6 is 23.2 Å². The standard InChI is InChI=1S/C20H21Cl2NO3/c1-20(2,3)13-9-7-12(8-10-13)18(24)23-17(19(25)26)11-14-15(21)5-4-6-16(14)22/h4-10,17H,11H2,1-3H3,(H,23,24)(H,25,26)/t17-/m0/s1. The van der Waals surface area contributed by atoms with Crippen molar-refractivity contribution in [1.29, 1.82) is 0 Å². The van der Waals surface area contributed by atoms with Crippen molar-refractivity contribution in [3.8, 4) is 0 Å². The van der Waals surface area contributed by atoms with Gasteiger partial charge in [0.05, 0.1) is 0 Å². The molecular weight excluding hydrogens is 373 g/mol. The molecule has 0 aliphatic carbocycles. The Morgan fingerprint density at radius 1 is 1.04 bits per heavy atom. The molecule has 138 valence electrons. The van der Waals surface area contributed by atoms with Gasteiger partial charge in [-0.15, -0.1) is 0 Å². The number of rotatable bonds is 5. The molecule has 1 atom stereocenters. The number of hydrogen-bond acceptors (Lipinski definition) is 2. The average Bonchev–Trinajstić information content (AvgIpc) is 2.56. The van der Waals surface area contributed by atoms with Gasteiger partial charge in [0.25, 0.3) is 5.91 Å². The molecule has 0 aromatic heterocycles. The Kier molecular flexibility index (Phi) is 6.32. The molecule has 0 aliphatic rings. The molecule has 0 spiro atoms. The molecule has 0 saturated carbocycles. The maximum absolute atomic E-state index is 12.4. The van der Waals surface area contributed by atoms with E-state index in [1.165, 1.54) is 0 Å². The number of halogens is 2. The summed E-state index contributed by atoms with van der Waals surface area (Å²) in [5.74, 6) is -1.61. The molecule has 2 aromatic carbocycles. The highest BCUT2D eigenvalue weighted by Crippen LogP contribution is 2.26. The largest absolute Gasteiger partial charge is 0.480 e. The molecule has 2 N–H and O–H groups in total. The molecule has 6 heteroatoms. The minimum Gasteiger partial charge on any atom is -0.480 e. The Bertz CT molecular complexity index is 791. The van der Waals surface area contributed by atoms with Crippen molar-refractivity contribution < 1.29 is 14.7 Å². The summed E-state index contributed by atoms with van der Waals surface area (Å²) in [5, 5.41) is 12.7. The van der Waals surface area contributed by atoms with Crippen molar-refractivity contribution in [3.63, 3.8) is 0 Å². The summed E-state index contributed by atoms with van der Waals surface area (Å²) in [5.41, 5.74) is 1.95. The maximum Gasteiger partial charge on any atom is 0.326 e. The number of carboxylic acids is 1. The van der Waals surface area contributed by atoms with Gasteiger partial charge in [-0.3, -0.25) is 4.79 Å². The van der Waals surface area contributed by atoms with Crippen molar-refractivity contribution in [3.05, 3.63) is 69.2 Å². The molecule has 0 bridgehead atoms. The number of carbonyl (C=O) groups is 2. The first kappa shape index (κ1) is 20.3. The second kappa shape index (κ2) is 8.11. The Morgan fingerprint density at radius 3 is 2.04 bits per heavy atom. The first-order chi connectivity index (χ1) is 12.1. The van der Waals surface area contributed by atoms with Crippen molar-refractivity contribution in [1.82, 2.24) is 5.32 Å². The topological polar surface area (TPSA) is 66.4 Å². The van der Waals surface area contributed by atoms with Crippen molar-refractivity contribution >= 4 is 35.1 Å². The van der Waals surface area contributed by atoms with Gasteiger partial charge in [0, 0.05) is 22.0 Å². The van der Waals surface area contributed by atoms with E-state index in [1.54, 1.807) is 30.3 Å². The number of hydrogen-bond donors (Lipinski definition) is 2. The monoisotopic (exact) mass is 393 g/mol. The van der Waals surface area contributed by atoms with E-state index in [0.717, 1.165) is 5.56 Å². The number of amides is 1. The zero-order chi connectivity index (χ0) is 19.5. The molecule has 1 amide bonds. The van der Waals surface area contributed by atoms with Crippen LogP contribution in [0.15, 0.2) is 42.5 Å². The summed E-state index contributed by atoms with van der Waals surface area (Å²) >= 11 is 12.2. The molecule has 2 rings (SSSR count). The van der Waals surface area contributed by atoms with Crippen LogP contribution in [0.3, 0.4) is 0 Å². The fraction of sp³-hybridized carbons (Fsp3) is 0.300. The van der Waals surface area contributed by atoms with Gasteiger partial charge in [0.1, 0.15) is 6.04 Å². The average molecular weight is 394 g/mol. The lowest BCUT2D eigenvalue weighted by Gasteiger charge is -2.20. The lowest BCUT2D eigenvalue weighted by Crippen LogP contribution is -2.42. The van der Waals surface area contributed by atoms with Gasteiger partial charge in [-0.1, -0.05) is 62.2 Å². The van der Waals surface area contributed by atoms with Gasteiger partial charge in [0.2, 0.25) is 0 Å². The Morgan fingerprint density at radius 2 is 1.58 bits per heavy atom. The summed E-state index contributed by atoms with van der Waals surface area (Å²) in [6.45, 7) is 6.24. The Balaban J connectivity index is 2.17. The van der Waals surface area contributed by atoms with Crippen molar-refractivity contribution in [2.45, 2.75) is 38.6 Å². The quantitative estimate of drug-likeness (QED) is 0.772. The van der Waals surface area contributed by atoms with Crippen LogP contribution in [0.2, 0.25) is 10.0 Å². The Hall–Kier alpha value is -2.04. The summed E-state index contributed by atoms with van der Waals surface area (Å²) in [6.07, 6.45) is -0.000343. The van der Waals surface area contributed by atoms with Gasteiger partial charge < -0.3 is 10.4 Å². The van der Waals surface area contributed by atoms with Gasteiger partial charge in [-0.05, 0) is 40.8 Å². The van der Waals surface area contributed by atoms with Gasteiger partial charge in [-0.25, -0.2) is 4.79 Å². The first-order valence-electron chi connectivity index (χ1n) is 8.16. The Labute approximate surface area is 163 Å². The zero-order valence-electron chi connectivity index (χ0n) is 14.8. The molecule has 26 heavy (non-hydrogen) atoms. The molecule has 2 aromatic rings. The maximum atomic E-state index is 12.4. The van der Waals surface area contributed by atoms with Crippen LogP contribution < -0.4 is 5.32 Å². The summed E-state index contributed by atoms with van der Waals surface area (Å²) in [6, 6.07) is 10.9. The molecule has 4 nitrogen and oxygen atoms in total. The zero-order valence-corrected chi connectivity index (χ0v) is 16.4. The molecule has 0 saturated heterocycles. The third-order valence-corrected chi connectivity index (χ3v) is 4.79. The van der Waals surface area contributed by atoms with E-state index in [0.29, 0.717) is 21.2 Å². The van der Waals surface area contributed by atoms with Crippen LogP contribution in [0, 0.1) is 0 Å². The highest BCUT2D eigenvalue weighted by molar-refractivity contribution is 6.36. The molecule has 0 radical (unpaired) electrons. The highest BCUT2D eigenvalue weighted by atomic mass is 35.5. The van der Waals surface area contributed by atoms with Crippen LogP contribution in [0.1, 0.15) is 42.3 Å². The third kappa shape index (κ3) is 4.99. The minimum atomic E-state index is -1.15. The SMILES string of the molecule is CC(C)(C)c1ccc(C(=O)N[C@@H](Cc2c(Cl)cccc2Cl)C(=O)O)cc1. The smallest absolute Gasteiger partial charge is 0.326 e. The fourth-order valence-electron chi connectivity index (χ4n) is 2.49. The number of carbonyl (C=O) groups excluding carboxylic acids is 1. The van der Waals surface area contributed by atoms with E-state index in [-0.39, 0.29) is 11.8 Å². The molecule has 0 aliphatic heterocycles. The molecule has 0 unspecified atom stereocenters. The van der Waals surface area contributed by atoms with E-state index >= 15 is 0 Å². The van der Waals surface area contributed by atoms with Crippen LogP contribution in [0.4, 0.5) is 0 Å². The number of carboxylic acid groups (broad SMARTS) is 1. The first-order valence-corrected chi connectivity index (χ1v) is 8.92. The number of nitrogens with one attached hydrogen (secondary N) is 1. The van der Waals surface area contributed by atoms with Gasteiger partial charge >= 0.3 is 5.97 Å². The van der Waals surface area contributed by atoms with Crippen LogP contribution in [0.25, 0.3) is 0 Å². The van der Waals surface area contributed by atoms with Crippen LogP contribution in [-0.2, 0) is 16.6 Å². The highest BCUT2D eigenvalue weighted by Gasteiger charge is 2.23. The summed E-state index contributed by atoms with van der Waals surface area (Å²) < 4.78 is 0. The molecule has 0 heterocycles. The fourth-order valence-corrected chi connectivity index (χ4v) is 3.05. The predicted molar refractivity (Wildman–Crippen MR) is 104 cm³/mol. The van der Waals surface area contributed by atoms with Gasteiger partial charge in [0.15, 0.2) is 0 Å². The molecular formula is C20H21Cl2NO3. The summed E-state index contributed by atoms with van der Waals surface area (Å²) in [4.78, 5) is 24.0. The van der Waals surface area contributed by atoms with Gasteiger partial charge in [-0.2, -0.15) is 0 Å². The van der Waals surface area contributed by atoms with E-state index in [1.807, 2.05) is 12.1 Å². The second-order valence-electron chi connectivity index (χ2n) is 7.10. The van der Waals surface area contributed by atoms with E-state index < -0.39 is 17.9 Å². The van der Waals surface area contributed by atoms with E-state index in [2.05, 4.69) is 26.1 Å². The molecule has 0 fully saturated rings. The number of benzene rings is 2. The van der Waals surface area contributed by atoms with E-state index in [4.69, 9.17) is 23.2 Å². The normalized spacial score (nSPS) is 12.5. The lowest BCUT2D eigenvalue weighted by atomic mass is 9.86. The third-order valence-electron chi connectivity index (χ3n) is 4.09. The van der Waals surface area contributed by atoms with Crippen LogP contribution in [0.5, 0.6) is 0 Å². The van der Waals surface area contributed by atoms with Crippen molar-refractivity contribution in [2.24, 2.45) is 0 Å². The van der Waals surface area contributed by atoms with Crippen LogP contribution in [-0.4, -0.2) is 23.0 Å².